The molecule has 2 saturated heterocycles. The topological polar surface area (TPSA) is 75.2 Å². The summed E-state index contributed by atoms with van der Waals surface area (Å²) >= 11 is 0. The van der Waals surface area contributed by atoms with Crippen molar-refractivity contribution in [3.8, 4) is 0 Å². The summed E-state index contributed by atoms with van der Waals surface area (Å²) in [5.41, 5.74) is 0. The number of rotatable bonds is 8. The van der Waals surface area contributed by atoms with Gasteiger partial charge in [-0.2, -0.15) is 0 Å². The molecule has 8 heteroatoms. The number of aliphatic imine (C=N–C) groups is 1. The minimum Gasteiger partial charge on any atom is -0.379 e. The molecule has 152 valence electrons. The zero-order valence-corrected chi connectivity index (χ0v) is 18.5. The van der Waals surface area contributed by atoms with E-state index in [1.54, 1.807) is 7.05 Å². The van der Waals surface area contributed by atoms with Crippen LogP contribution in [0.3, 0.4) is 0 Å². The number of hydrogen-bond acceptors (Lipinski definition) is 4. The lowest BCUT2D eigenvalue weighted by molar-refractivity contribution is -0.134. The van der Waals surface area contributed by atoms with Gasteiger partial charge in [0.05, 0.1) is 12.7 Å². The van der Waals surface area contributed by atoms with Gasteiger partial charge in [0.15, 0.2) is 5.96 Å². The van der Waals surface area contributed by atoms with E-state index in [-0.39, 0.29) is 36.0 Å². The van der Waals surface area contributed by atoms with Gasteiger partial charge in [-0.3, -0.25) is 9.79 Å². The summed E-state index contributed by atoms with van der Waals surface area (Å²) in [6.45, 7) is 6.71. The molecule has 0 aliphatic carbocycles. The predicted octanol–water partition coefficient (Wildman–Crippen LogP) is 1.76. The second-order valence-electron chi connectivity index (χ2n) is 6.82. The Hall–Kier alpha value is -0.610. The first-order valence-electron chi connectivity index (χ1n) is 9.64. The number of ether oxygens (including phenoxy) is 2. The monoisotopic (exact) mass is 482 g/mol. The molecule has 0 radical (unpaired) electrons. The maximum absolute atomic E-state index is 12.3. The van der Waals surface area contributed by atoms with Gasteiger partial charge in [0.25, 0.3) is 0 Å². The minimum atomic E-state index is 0. The smallest absolute Gasteiger partial charge is 0.224 e. The highest BCUT2D eigenvalue weighted by atomic mass is 127. The van der Waals surface area contributed by atoms with Gasteiger partial charge in [-0.15, -0.1) is 24.0 Å². The molecular formula is C18H35IN4O3. The van der Waals surface area contributed by atoms with Crippen LogP contribution in [0, 0.1) is 0 Å². The predicted molar refractivity (Wildman–Crippen MR) is 114 cm³/mol. The SMILES string of the molecule is CN=C(NCCCOC1CCOC1)NCCC(=O)N1CCCCC1C.I. The molecule has 0 aromatic carbocycles. The Bertz CT molecular complexity index is 431. The van der Waals surface area contributed by atoms with E-state index in [1.165, 1.54) is 6.42 Å². The number of hydrogen-bond donors (Lipinski definition) is 2. The third-order valence-electron chi connectivity index (χ3n) is 4.83. The van der Waals surface area contributed by atoms with Crippen molar-refractivity contribution in [1.29, 1.82) is 0 Å². The number of carbonyl (C=O) groups is 1. The van der Waals surface area contributed by atoms with Gasteiger partial charge < -0.3 is 25.0 Å². The number of piperidine rings is 1. The summed E-state index contributed by atoms with van der Waals surface area (Å²) in [7, 11) is 1.75. The number of amides is 1. The van der Waals surface area contributed by atoms with Crippen LogP contribution in [0.15, 0.2) is 4.99 Å². The largest absolute Gasteiger partial charge is 0.379 e. The molecule has 2 aliphatic heterocycles. The van der Waals surface area contributed by atoms with Gasteiger partial charge in [0.2, 0.25) is 5.91 Å². The molecule has 2 rings (SSSR count). The van der Waals surface area contributed by atoms with Crippen LogP contribution in [-0.4, -0.2) is 75.4 Å². The fraction of sp³-hybridized carbons (Fsp3) is 0.889. The lowest BCUT2D eigenvalue weighted by Gasteiger charge is -2.33. The van der Waals surface area contributed by atoms with E-state index in [1.807, 2.05) is 4.90 Å². The van der Waals surface area contributed by atoms with E-state index in [4.69, 9.17) is 9.47 Å². The van der Waals surface area contributed by atoms with Crippen molar-refractivity contribution in [3.63, 3.8) is 0 Å². The molecule has 0 aromatic rings. The van der Waals surface area contributed by atoms with E-state index < -0.39 is 0 Å². The van der Waals surface area contributed by atoms with Crippen molar-refractivity contribution in [1.82, 2.24) is 15.5 Å². The Labute approximate surface area is 174 Å². The fourth-order valence-corrected chi connectivity index (χ4v) is 3.29. The van der Waals surface area contributed by atoms with Crippen LogP contribution in [-0.2, 0) is 14.3 Å². The molecular weight excluding hydrogens is 447 g/mol. The summed E-state index contributed by atoms with van der Waals surface area (Å²) in [4.78, 5) is 18.5. The van der Waals surface area contributed by atoms with Gasteiger partial charge >= 0.3 is 0 Å². The normalized spacial score (nSPS) is 23.5. The van der Waals surface area contributed by atoms with Crippen LogP contribution in [0.25, 0.3) is 0 Å². The standard InChI is InChI=1S/C18H34N4O3.HI/c1-15-6-3-4-11-22(15)17(23)7-10-21-18(19-2)20-9-5-12-25-16-8-13-24-14-16;/h15-16H,3-14H2,1-2H3,(H2,19,20,21);1H. The molecule has 7 nitrogen and oxygen atoms in total. The third kappa shape index (κ3) is 8.39. The fourth-order valence-electron chi connectivity index (χ4n) is 3.29. The molecule has 2 N–H and O–H groups in total. The Morgan fingerprint density at radius 3 is 2.77 bits per heavy atom. The van der Waals surface area contributed by atoms with Crippen molar-refractivity contribution in [2.75, 3.05) is 46.5 Å². The second kappa shape index (κ2) is 13.5. The second-order valence-corrected chi connectivity index (χ2v) is 6.82. The van der Waals surface area contributed by atoms with Crippen molar-refractivity contribution in [2.45, 2.75) is 57.6 Å². The lowest BCUT2D eigenvalue weighted by atomic mass is 10.0. The van der Waals surface area contributed by atoms with Gasteiger partial charge in [0.1, 0.15) is 0 Å². The van der Waals surface area contributed by atoms with Crippen molar-refractivity contribution in [3.05, 3.63) is 0 Å². The average molecular weight is 482 g/mol. The maximum Gasteiger partial charge on any atom is 0.224 e. The molecule has 0 spiro atoms. The highest BCUT2D eigenvalue weighted by molar-refractivity contribution is 14.0. The Balaban J connectivity index is 0.00000338. The van der Waals surface area contributed by atoms with Crippen LogP contribution >= 0.6 is 24.0 Å². The molecule has 2 heterocycles. The number of nitrogens with zero attached hydrogens (tertiary/aromatic N) is 2. The number of halogens is 1. The van der Waals surface area contributed by atoms with E-state index in [2.05, 4.69) is 22.5 Å². The van der Waals surface area contributed by atoms with Crippen molar-refractivity contribution >= 4 is 35.8 Å². The van der Waals surface area contributed by atoms with Gasteiger partial charge in [-0.1, -0.05) is 0 Å². The molecule has 1 amide bonds. The number of nitrogens with one attached hydrogen (secondary N) is 2. The summed E-state index contributed by atoms with van der Waals surface area (Å²) in [6, 6.07) is 0.379. The van der Waals surface area contributed by atoms with Crippen LogP contribution in [0.1, 0.15) is 45.4 Å². The minimum absolute atomic E-state index is 0. The molecule has 0 aromatic heterocycles. The van der Waals surface area contributed by atoms with Crippen LogP contribution in [0.2, 0.25) is 0 Å². The average Bonchev–Trinajstić information content (AvgIpc) is 3.13. The maximum atomic E-state index is 12.3. The highest BCUT2D eigenvalue weighted by Crippen LogP contribution is 2.16. The molecule has 2 atom stereocenters. The zero-order valence-electron chi connectivity index (χ0n) is 16.2. The van der Waals surface area contributed by atoms with Gasteiger partial charge in [-0.05, 0) is 39.0 Å². The molecule has 2 fully saturated rings. The first-order chi connectivity index (χ1) is 12.2. The van der Waals surface area contributed by atoms with E-state index in [0.717, 1.165) is 64.6 Å². The van der Waals surface area contributed by atoms with Gasteiger partial charge in [-0.25, -0.2) is 0 Å². The molecule has 2 unspecified atom stereocenters. The molecule has 26 heavy (non-hydrogen) atoms. The Morgan fingerprint density at radius 1 is 1.27 bits per heavy atom. The van der Waals surface area contributed by atoms with Crippen LogP contribution < -0.4 is 10.6 Å². The first kappa shape index (κ1) is 23.4. The number of likely N-dealkylation sites (tertiary alicyclic amines) is 1. The van der Waals surface area contributed by atoms with Crippen molar-refractivity contribution in [2.24, 2.45) is 4.99 Å². The zero-order chi connectivity index (χ0) is 17.9. The Morgan fingerprint density at radius 2 is 2.08 bits per heavy atom. The van der Waals surface area contributed by atoms with Crippen molar-refractivity contribution < 1.29 is 14.3 Å². The summed E-state index contributed by atoms with van der Waals surface area (Å²) < 4.78 is 11.0. The summed E-state index contributed by atoms with van der Waals surface area (Å²) in [6.07, 6.45) is 6.18. The Kier molecular flexibility index (Phi) is 12.2. The first-order valence-corrected chi connectivity index (χ1v) is 9.64. The van der Waals surface area contributed by atoms with E-state index in [0.29, 0.717) is 19.0 Å². The van der Waals surface area contributed by atoms with E-state index in [9.17, 15) is 4.79 Å². The molecule has 0 bridgehead atoms. The highest BCUT2D eigenvalue weighted by Gasteiger charge is 2.22. The summed E-state index contributed by atoms with van der Waals surface area (Å²) in [5, 5.41) is 6.48. The molecule has 0 saturated carbocycles. The number of guanidine groups is 1. The number of carbonyl (C=O) groups excluding carboxylic acids is 1. The summed E-state index contributed by atoms with van der Waals surface area (Å²) in [5.74, 6) is 0.978. The third-order valence-corrected chi connectivity index (χ3v) is 4.83. The van der Waals surface area contributed by atoms with Crippen LogP contribution in [0.5, 0.6) is 0 Å². The lowest BCUT2D eigenvalue weighted by Crippen LogP contribution is -2.44. The van der Waals surface area contributed by atoms with Crippen LogP contribution in [0.4, 0.5) is 0 Å². The van der Waals surface area contributed by atoms with Gasteiger partial charge in [0, 0.05) is 52.4 Å². The molecule has 2 aliphatic rings. The quantitative estimate of drug-likeness (QED) is 0.239. The van der Waals surface area contributed by atoms with E-state index >= 15 is 0 Å².